The van der Waals surface area contributed by atoms with E-state index in [1.807, 2.05) is 6.08 Å². The van der Waals surface area contributed by atoms with Crippen molar-refractivity contribution in [1.29, 1.82) is 0 Å². The van der Waals surface area contributed by atoms with Crippen LogP contribution < -0.4 is 0 Å². The molecule has 1 heterocycles. The number of Topliss-reactive ketones (excluding diaryl/α,β-unsaturated/α-hetero) is 1. The lowest BCUT2D eigenvalue weighted by Gasteiger charge is -2.13. The number of amidine groups is 1. The highest BCUT2D eigenvalue weighted by Crippen LogP contribution is 2.14. The number of aliphatic hydroxyl groups is 2. The minimum Gasteiger partial charge on any atom is -0.392 e. The van der Waals surface area contributed by atoms with Gasteiger partial charge in [-0.2, -0.15) is 8.42 Å². The summed E-state index contributed by atoms with van der Waals surface area (Å²) < 4.78 is 32.7. The maximum Gasteiger partial charge on any atom is 0.316 e. The van der Waals surface area contributed by atoms with E-state index in [1.54, 1.807) is 9.48 Å². The maximum atomic E-state index is 12.9. The molecule has 0 saturated heterocycles. The van der Waals surface area contributed by atoms with Gasteiger partial charge < -0.3 is 10.2 Å². The van der Waals surface area contributed by atoms with Gasteiger partial charge in [0.25, 0.3) is 10.1 Å². The van der Waals surface area contributed by atoms with E-state index < -0.39 is 22.0 Å². The number of hydrogen-bond donors (Lipinski definition) is 3. The lowest BCUT2D eigenvalue weighted by Crippen LogP contribution is -2.40. The van der Waals surface area contributed by atoms with Crippen molar-refractivity contribution in [3.05, 3.63) is 12.7 Å². The molecule has 0 aromatic heterocycles. The van der Waals surface area contributed by atoms with Gasteiger partial charge in [-0.1, -0.05) is 76.7 Å². The molecule has 1 aliphatic rings. The molecule has 204 valence electrons. The average molecular weight is 518 g/mol. The summed E-state index contributed by atoms with van der Waals surface area (Å²) in [5.41, 5.74) is 0. The van der Waals surface area contributed by atoms with E-state index in [-0.39, 0.29) is 18.9 Å². The summed E-state index contributed by atoms with van der Waals surface area (Å²) in [4.78, 5) is 14.7. The third kappa shape index (κ3) is 15.4. The fourth-order valence-electron chi connectivity index (χ4n) is 4.70. The Labute approximate surface area is 212 Å². The molecule has 8 nitrogen and oxygen atoms in total. The summed E-state index contributed by atoms with van der Waals surface area (Å²) >= 11 is 0. The zero-order valence-corrected chi connectivity index (χ0v) is 22.4. The summed E-state index contributed by atoms with van der Waals surface area (Å²) in [5, 5.41) is 19.3. The fraction of sp³-hybridized carbons (Fsp3) is 0.846. The van der Waals surface area contributed by atoms with E-state index in [0.717, 1.165) is 25.7 Å². The number of allylic oxidation sites excluding steroid dienone is 1. The second kappa shape index (κ2) is 18.9. The van der Waals surface area contributed by atoms with Gasteiger partial charge >= 0.3 is 5.84 Å². The largest absolute Gasteiger partial charge is 0.392 e. The van der Waals surface area contributed by atoms with Crippen molar-refractivity contribution in [3.8, 4) is 0 Å². The van der Waals surface area contributed by atoms with Crippen molar-refractivity contribution in [2.45, 2.75) is 102 Å². The van der Waals surface area contributed by atoms with Gasteiger partial charge in [0.1, 0.15) is 38.0 Å². The normalized spacial score (nSPS) is 15.1. The van der Waals surface area contributed by atoms with Gasteiger partial charge in [0, 0.05) is 6.42 Å². The molecule has 1 unspecified atom stereocenters. The van der Waals surface area contributed by atoms with Crippen molar-refractivity contribution < 1.29 is 32.6 Å². The predicted molar refractivity (Wildman–Crippen MR) is 141 cm³/mol. The van der Waals surface area contributed by atoms with Gasteiger partial charge in [-0.05, 0) is 19.3 Å². The van der Waals surface area contributed by atoms with Crippen LogP contribution in [-0.4, -0.2) is 88.9 Å². The minimum absolute atomic E-state index is 0.0421. The Kier molecular flexibility index (Phi) is 17.1. The van der Waals surface area contributed by atoms with Gasteiger partial charge in [-0.3, -0.25) is 18.8 Å². The quantitative estimate of drug-likeness (QED) is 0.0821. The Morgan fingerprint density at radius 1 is 0.971 bits per heavy atom. The van der Waals surface area contributed by atoms with Crippen LogP contribution in [0.2, 0.25) is 0 Å². The Morgan fingerprint density at radius 2 is 1.49 bits per heavy atom. The Hall–Kier alpha value is -1.29. The summed E-state index contributed by atoms with van der Waals surface area (Å²) in [6, 6.07) is 0. The standard InChI is InChI=1S/C26H48N2O6S/c1-2-3-4-5-6-7-8-9-10-11-12-13-14-15-16-17-25(31)26-27(20-21-29)18-19-28(26)22-24(30)23-35(32,33)34/h2,24,29-30H,1,3-23H2/p+1. The van der Waals surface area contributed by atoms with E-state index in [2.05, 4.69) is 6.58 Å². The molecule has 0 radical (unpaired) electrons. The van der Waals surface area contributed by atoms with Crippen molar-refractivity contribution in [3.63, 3.8) is 0 Å². The van der Waals surface area contributed by atoms with E-state index in [0.29, 0.717) is 31.9 Å². The van der Waals surface area contributed by atoms with Gasteiger partial charge in [0.2, 0.25) is 5.78 Å². The topological polar surface area (TPSA) is 118 Å². The van der Waals surface area contributed by atoms with Crippen LogP contribution in [-0.2, 0) is 14.9 Å². The molecule has 0 fully saturated rings. The van der Waals surface area contributed by atoms with E-state index in [4.69, 9.17) is 4.55 Å². The molecule has 0 saturated carbocycles. The first-order valence-corrected chi connectivity index (χ1v) is 15.1. The Bertz CT molecular complexity index is 738. The number of carbonyl (C=O) groups excluding carboxylic acids is 1. The predicted octanol–water partition coefficient (Wildman–Crippen LogP) is 3.56. The third-order valence-electron chi connectivity index (χ3n) is 6.50. The van der Waals surface area contributed by atoms with E-state index >= 15 is 0 Å². The monoisotopic (exact) mass is 517 g/mol. The number of nitrogens with zero attached hydrogens (tertiary/aromatic N) is 2. The first-order chi connectivity index (χ1) is 16.8. The fourth-order valence-corrected chi connectivity index (χ4v) is 5.29. The van der Waals surface area contributed by atoms with Crippen molar-refractivity contribution in [2.24, 2.45) is 0 Å². The Morgan fingerprint density at radius 3 is 1.97 bits per heavy atom. The SMILES string of the molecule is C=CCCCCCCCCCCCCCCCC(=O)C1=[N+](CC(O)CS(=O)(=O)O)CCN1CCO. The average Bonchev–Trinajstić information content (AvgIpc) is 3.17. The van der Waals surface area contributed by atoms with Crippen LogP contribution in [0.25, 0.3) is 0 Å². The smallest absolute Gasteiger partial charge is 0.316 e. The molecule has 0 spiro atoms. The second-order valence-corrected chi connectivity index (χ2v) is 11.2. The van der Waals surface area contributed by atoms with Gasteiger partial charge in [-0.15, -0.1) is 6.58 Å². The lowest BCUT2D eigenvalue weighted by atomic mass is 10.0. The summed E-state index contributed by atoms with van der Waals surface area (Å²) in [6.07, 6.45) is 18.1. The summed E-state index contributed by atoms with van der Waals surface area (Å²) in [7, 11) is -4.29. The van der Waals surface area contributed by atoms with Crippen molar-refractivity contribution in [1.82, 2.24) is 4.90 Å². The molecule has 9 heteroatoms. The first-order valence-electron chi connectivity index (χ1n) is 13.5. The van der Waals surface area contributed by atoms with Crippen LogP contribution in [0.3, 0.4) is 0 Å². The number of aliphatic hydroxyl groups excluding tert-OH is 2. The molecule has 0 aliphatic carbocycles. The molecule has 1 rings (SSSR count). The second-order valence-electron chi connectivity index (χ2n) is 9.73. The highest BCUT2D eigenvalue weighted by molar-refractivity contribution is 7.85. The van der Waals surface area contributed by atoms with Crippen LogP contribution in [0.1, 0.15) is 96.3 Å². The molecule has 35 heavy (non-hydrogen) atoms. The highest BCUT2D eigenvalue weighted by atomic mass is 32.2. The highest BCUT2D eigenvalue weighted by Gasteiger charge is 2.36. The van der Waals surface area contributed by atoms with Gasteiger partial charge in [0.05, 0.1) is 6.61 Å². The van der Waals surface area contributed by atoms with E-state index in [9.17, 15) is 23.4 Å². The number of carbonyl (C=O) groups is 1. The summed E-state index contributed by atoms with van der Waals surface area (Å²) in [5.74, 6) is -0.366. The molecule has 1 aliphatic heterocycles. The van der Waals surface area contributed by atoms with Crippen LogP contribution in [0.4, 0.5) is 0 Å². The molecular weight excluding hydrogens is 468 g/mol. The van der Waals surface area contributed by atoms with Crippen LogP contribution in [0, 0.1) is 0 Å². The van der Waals surface area contributed by atoms with Crippen LogP contribution >= 0.6 is 0 Å². The number of ketones is 1. The molecule has 0 amide bonds. The molecule has 0 aromatic rings. The number of unbranched alkanes of at least 4 members (excludes halogenated alkanes) is 13. The minimum atomic E-state index is -4.29. The molecular formula is C26H49N2O6S+. The molecule has 0 aromatic carbocycles. The van der Waals surface area contributed by atoms with Gasteiger partial charge in [0.15, 0.2) is 0 Å². The number of rotatable bonds is 23. The zero-order valence-electron chi connectivity index (χ0n) is 21.6. The number of β-amino-alcohol motifs (C(OH)–C–C–N with tert-alkyl or cyclic N) is 2. The molecule has 3 N–H and O–H groups in total. The lowest BCUT2D eigenvalue weighted by molar-refractivity contribution is -0.525. The van der Waals surface area contributed by atoms with Crippen molar-refractivity contribution in [2.75, 3.05) is 38.5 Å². The first kappa shape index (κ1) is 31.7. The van der Waals surface area contributed by atoms with Gasteiger partial charge in [-0.25, -0.2) is 0 Å². The van der Waals surface area contributed by atoms with Crippen LogP contribution in [0.15, 0.2) is 12.7 Å². The molecule has 0 bridgehead atoms. The number of hydrogen-bond acceptors (Lipinski definition) is 6. The maximum absolute atomic E-state index is 12.9. The van der Waals surface area contributed by atoms with E-state index in [1.165, 1.54) is 64.2 Å². The third-order valence-corrected chi connectivity index (χ3v) is 7.31. The van der Waals surface area contributed by atoms with Crippen LogP contribution in [0.5, 0.6) is 0 Å². The summed E-state index contributed by atoms with van der Waals surface area (Å²) in [6.45, 7) is 4.95. The van der Waals surface area contributed by atoms with Crippen molar-refractivity contribution >= 4 is 21.7 Å². The Balaban J connectivity index is 2.23. The molecule has 1 atom stereocenters. The zero-order chi connectivity index (χ0) is 25.9.